The number of anilines is 1. The monoisotopic (exact) mass is 544 g/mol. The predicted molar refractivity (Wildman–Crippen MR) is 149 cm³/mol. The molecule has 1 aliphatic rings. The summed E-state index contributed by atoms with van der Waals surface area (Å²) in [6.07, 6.45) is -0.0100. The lowest BCUT2D eigenvalue weighted by atomic mass is 9.95. The van der Waals surface area contributed by atoms with E-state index in [0.29, 0.717) is 39.4 Å². The Labute approximate surface area is 231 Å². The number of allylic oxidation sites excluding steroid dienone is 1. The van der Waals surface area contributed by atoms with Gasteiger partial charge in [-0.1, -0.05) is 72.4 Å². The number of nitrogens with zero attached hydrogens (tertiary/aromatic N) is 3. The van der Waals surface area contributed by atoms with Crippen LogP contribution in [0, 0.1) is 5.82 Å². The summed E-state index contributed by atoms with van der Waals surface area (Å²) in [4.78, 5) is 18.2. The van der Waals surface area contributed by atoms with Gasteiger partial charge < -0.3 is 14.8 Å². The first-order valence-electron chi connectivity index (χ1n) is 12.7. The zero-order chi connectivity index (χ0) is 27.4. The van der Waals surface area contributed by atoms with E-state index in [0.717, 1.165) is 11.1 Å². The Kier molecular flexibility index (Phi) is 7.97. The third-order valence-corrected chi connectivity index (χ3v) is 7.01. The summed E-state index contributed by atoms with van der Waals surface area (Å²) in [6.45, 7) is 5.89. The second-order valence-corrected chi connectivity index (χ2v) is 10.4. The Balaban J connectivity index is 1.48. The van der Waals surface area contributed by atoms with E-state index < -0.39 is 12.0 Å². The predicted octanol–water partition coefficient (Wildman–Crippen LogP) is 6.53. The molecule has 0 aliphatic carbocycles. The molecule has 0 amide bonds. The molecule has 1 aromatic heterocycles. The second-order valence-electron chi connectivity index (χ2n) is 9.41. The zero-order valence-electron chi connectivity index (χ0n) is 21.9. The molecule has 200 valence electrons. The lowest BCUT2D eigenvalue weighted by Gasteiger charge is -2.28. The van der Waals surface area contributed by atoms with E-state index >= 15 is 0 Å². The highest BCUT2D eigenvalue weighted by atomic mass is 32.2. The fraction of sp³-hybridized carbons (Fsp3) is 0.233. The number of carbonyl (C=O) groups excluding carboxylic acids is 1. The summed E-state index contributed by atoms with van der Waals surface area (Å²) < 4.78 is 27.5. The van der Waals surface area contributed by atoms with Crippen LogP contribution in [-0.4, -0.2) is 26.8 Å². The van der Waals surface area contributed by atoms with Crippen LogP contribution >= 0.6 is 11.8 Å². The van der Waals surface area contributed by atoms with Crippen LogP contribution in [0.5, 0.6) is 5.75 Å². The molecule has 9 heteroatoms. The van der Waals surface area contributed by atoms with Gasteiger partial charge >= 0.3 is 5.97 Å². The van der Waals surface area contributed by atoms with Gasteiger partial charge in [-0.25, -0.2) is 13.9 Å². The molecule has 5 rings (SSSR count). The van der Waals surface area contributed by atoms with E-state index in [2.05, 4.69) is 10.3 Å². The van der Waals surface area contributed by atoms with E-state index in [9.17, 15) is 9.18 Å². The third kappa shape index (κ3) is 6.15. The molecule has 1 N–H and O–H groups in total. The third-order valence-electron chi connectivity index (χ3n) is 6.13. The number of halogens is 1. The van der Waals surface area contributed by atoms with E-state index in [1.54, 1.807) is 22.9 Å². The number of ether oxygens (including phenoxy) is 2. The largest absolute Gasteiger partial charge is 0.491 e. The molecule has 0 bridgehead atoms. The summed E-state index contributed by atoms with van der Waals surface area (Å²) in [6, 6.07) is 23.2. The van der Waals surface area contributed by atoms with Gasteiger partial charge in [0.1, 0.15) is 24.2 Å². The zero-order valence-corrected chi connectivity index (χ0v) is 22.7. The van der Waals surface area contributed by atoms with Gasteiger partial charge in [-0.05, 0) is 55.7 Å². The van der Waals surface area contributed by atoms with Gasteiger partial charge in [0.05, 0.1) is 11.7 Å². The molecule has 7 nitrogen and oxygen atoms in total. The maximum atomic E-state index is 14.2. The van der Waals surface area contributed by atoms with Crippen LogP contribution in [0.4, 0.5) is 10.3 Å². The Morgan fingerprint density at radius 3 is 2.62 bits per heavy atom. The molecule has 4 aromatic rings. The molecule has 39 heavy (non-hydrogen) atoms. The number of aromatic nitrogens is 3. The first kappa shape index (κ1) is 26.5. The number of benzene rings is 3. The quantitative estimate of drug-likeness (QED) is 0.190. The molecular weight excluding hydrogens is 515 g/mol. The smallest absolute Gasteiger partial charge is 0.338 e. The van der Waals surface area contributed by atoms with Gasteiger partial charge in [0, 0.05) is 11.4 Å². The van der Waals surface area contributed by atoms with Crippen molar-refractivity contribution in [2.45, 2.75) is 50.4 Å². The number of fused-ring (bicyclic) bond motifs is 1. The lowest BCUT2D eigenvalue weighted by Crippen LogP contribution is -2.29. The van der Waals surface area contributed by atoms with Crippen LogP contribution in [0.3, 0.4) is 0 Å². The Hall–Kier alpha value is -4.11. The summed E-state index contributed by atoms with van der Waals surface area (Å²) in [5.41, 5.74) is 3.31. The minimum absolute atomic E-state index is 0.0100. The molecular formula is C30H29FN4O3S. The van der Waals surface area contributed by atoms with Crippen molar-refractivity contribution in [3.63, 3.8) is 0 Å². The van der Waals surface area contributed by atoms with Crippen LogP contribution < -0.4 is 10.1 Å². The molecule has 3 aromatic carbocycles. The number of nitrogens with one attached hydrogen (secondary N) is 1. The average Bonchev–Trinajstić information content (AvgIpc) is 3.33. The van der Waals surface area contributed by atoms with Gasteiger partial charge in [0.2, 0.25) is 11.1 Å². The van der Waals surface area contributed by atoms with Crippen molar-refractivity contribution < 1.29 is 18.7 Å². The van der Waals surface area contributed by atoms with Crippen LogP contribution in [0.25, 0.3) is 0 Å². The summed E-state index contributed by atoms with van der Waals surface area (Å²) in [5, 5.41) is 8.41. The molecule has 0 saturated carbocycles. The maximum absolute atomic E-state index is 14.2. The Bertz CT molecular complexity index is 1500. The number of carbonyl (C=O) groups is 1. The van der Waals surface area contributed by atoms with Gasteiger partial charge in [0.25, 0.3) is 0 Å². The van der Waals surface area contributed by atoms with Crippen LogP contribution in [0.15, 0.2) is 95.3 Å². The van der Waals surface area contributed by atoms with Crippen molar-refractivity contribution in [2.24, 2.45) is 0 Å². The van der Waals surface area contributed by atoms with E-state index in [4.69, 9.17) is 14.6 Å². The van der Waals surface area contributed by atoms with Gasteiger partial charge in [-0.3, -0.25) is 0 Å². The highest BCUT2D eigenvalue weighted by Gasteiger charge is 2.35. The van der Waals surface area contributed by atoms with Crippen molar-refractivity contribution in [3.8, 4) is 5.75 Å². The number of rotatable bonds is 9. The average molecular weight is 545 g/mol. The number of thioether (sulfide) groups is 1. The number of esters is 1. The van der Waals surface area contributed by atoms with Crippen LogP contribution in [0.2, 0.25) is 0 Å². The molecule has 0 radical (unpaired) electrons. The molecule has 2 heterocycles. The minimum Gasteiger partial charge on any atom is -0.491 e. The number of hydrogen-bond acceptors (Lipinski definition) is 7. The first-order valence-corrected chi connectivity index (χ1v) is 13.7. The number of hydrogen-bond donors (Lipinski definition) is 1. The summed E-state index contributed by atoms with van der Waals surface area (Å²) in [5.74, 6) is 0.824. The van der Waals surface area contributed by atoms with Crippen molar-refractivity contribution >= 4 is 23.7 Å². The van der Waals surface area contributed by atoms with Crippen LogP contribution in [0.1, 0.15) is 43.5 Å². The molecule has 1 aliphatic heterocycles. The second kappa shape index (κ2) is 11.7. The summed E-state index contributed by atoms with van der Waals surface area (Å²) >= 11 is 1.33. The van der Waals surface area contributed by atoms with E-state index in [1.165, 1.54) is 17.8 Å². The lowest BCUT2D eigenvalue weighted by molar-refractivity contribution is -0.140. The van der Waals surface area contributed by atoms with Gasteiger partial charge in [-0.15, -0.1) is 5.10 Å². The summed E-state index contributed by atoms with van der Waals surface area (Å²) in [7, 11) is 0. The van der Waals surface area contributed by atoms with Gasteiger partial charge in [0.15, 0.2) is 0 Å². The minimum atomic E-state index is -0.601. The molecule has 0 fully saturated rings. The van der Waals surface area contributed by atoms with Crippen molar-refractivity contribution in [1.82, 2.24) is 14.8 Å². The highest BCUT2D eigenvalue weighted by molar-refractivity contribution is 7.98. The molecule has 0 saturated heterocycles. The fourth-order valence-corrected chi connectivity index (χ4v) is 5.17. The fourth-order valence-electron chi connectivity index (χ4n) is 4.35. The first-order chi connectivity index (χ1) is 18.9. The van der Waals surface area contributed by atoms with E-state index in [-0.39, 0.29) is 18.5 Å². The Morgan fingerprint density at radius 2 is 1.85 bits per heavy atom. The topological polar surface area (TPSA) is 78.3 Å². The van der Waals surface area contributed by atoms with Crippen molar-refractivity contribution in [2.75, 3.05) is 5.32 Å². The standard InChI is InChI=1S/C30H29FN4O3S/c1-19(2)38-24-14-9-13-22(16-24)27-26(28(36)37-17-21-10-5-4-6-11-21)20(3)32-29-33-30(34-35(27)29)39-18-23-12-7-8-15-25(23)31/h4-16,19,27H,17-18H2,1-3H3,(H,32,33,34). The maximum Gasteiger partial charge on any atom is 0.338 e. The molecule has 0 spiro atoms. The van der Waals surface area contributed by atoms with Gasteiger partial charge in [-0.2, -0.15) is 4.98 Å². The van der Waals surface area contributed by atoms with Crippen molar-refractivity contribution in [1.29, 1.82) is 0 Å². The van der Waals surface area contributed by atoms with E-state index in [1.807, 2.05) is 75.4 Å². The van der Waals surface area contributed by atoms with Crippen LogP contribution in [-0.2, 0) is 21.9 Å². The molecule has 1 atom stereocenters. The Morgan fingerprint density at radius 1 is 1.08 bits per heavy atom. The van der Waals surface area contributed by atoms with Crippen molar-refractivity contribution in [3.05, 3.63) is 113 Å². The SMILES string of the molecule is CC1=C(C(=O)OCc2ccccc2)C(c2cccc(OC(C)C)c2)n2nc(SCc3ccccc3F)nc2N1. The normalized spacial score (nSPS) is 14.6. The highest BCUT2D eigenvalue weighted by Crippen LogP contribution is 2.38. The molecule has 1 unspecified atom stereocenters.